The summed E-state index contributed by atoms with van der Waals surface area (Å²) in [7, 11) is -3.06. The average molecular weight is 453 g/mol. The number of nitro groups is 1. The van der Waals surface area contributed by atoms with E-state index in [0.29, 0.717) is 5.69 Å². The van der Waals surface area contributed by atoms with Gasteiger partial charge in [-0.3, -0.25) is 14.9 Å². The molecule has 0 fully saturated rings. The molecule has 0 saturated carbocycles. The minimum Gasteiger partial charge on any atom is -0.481 e. The molecule has 12 heteroatoms. The Morgan fingerprint density at radius 1 is 1.37 bits per heavy atom. The van der Waals surface area contributed by atoms with E-state index < -0.39 is 44.0 Å². The third-order valence-electron chi connectivity index (χ3n) is 4.11. The third-order valence-corrected chi connectivity index (χ3v) is 6.29. The number of sulfonamides is 1. The van der Waals surface area contributed by atoms with Crippen molar-refractivity contribution in [3.63, 3.8) is 0 Å². The van der Waals surface area contributed by atoms with Gasteiger partial charge in [0.15, 0.2) is 4.90 Å². The number of carbonyl (C=O) groups is 1. The van der Waals surface area contributed by atoms with Crippen molar-refractivity contribution in [1.29, 1.82) is 5.26 Å². The Morgan fingerprint density at radius 2 is 2.03 bits per heavy atom. The fourth-order valence-electron chi connectivity index (χ4n) is 2.71. The predicted molar refractivity (Wildman–Crippen MR) is 109 cm³/mol. The lowest BCUT2D eigenvalue weighted by molar-refractivity contribution is -0.387. The number of rotatable bonds is 9. The lowest BCUT2D eigenvalue weighted by Crippen LogP contribution is -2.39. The molecule has 0 radical (unpaired) electrons. The summed E-state index contributed by atoms with van der Waals surface area (Å²) in [5, 5.41) is 32.3. The number of aliphatic carboxylic acids is 1. The topological polar surface area (TPSA) is 154 Å². The van der Waals surface area contributed by atoms with Crippen LogP contribution in [0.25, 0.3) is 0 Å². The molecular formula is C18H17ClN4O6S. The van der Waals surface area contributed by atoms with Gasteiger partial charge in [0.1, 0.15) is 6.07 Å². The Labute approximate surface area is 177 Å². The number of carboxylic acids is 1. The second-order valence-corrected chi connectivity index (χ2v) is 8.68. The van der Waals surface area contributed by atoms with Gasteiger partial charge in [0.25, 0.3) is 5.69 Å². The molecule has 0 aromatic heterocycles. The number of nitrogens with zero attached hydrogens (tertiary/aromatic N) is 3. The number of nitrogens with one attached hydrogen (secondary N) is 1. The normalized spacial score (nSPS) is 12.2. The molecule has 0 aliphatic heterocycles. The minimum atomic E-state index is -4.27. The molecule has 0 aliphatic rings. The summed E-state index contributed by atoms with van der Waals surface area (Å²) < 4.78 is 26.6. The zero-order chi connectivity index (χ0) is 22.5. The van der Waals surface area contributed by atoms with Crippen LogP contribution in [0.5, 0.6) is 0 Å². The molecule has 1 atom stereocenters. The number of anilines is 1. The molecule has 0 saturated heterocycles. The molecule has 0 heterocycles. The summed E-state index contributed by atoms with van der Waals surface area (Å²) in [5.74, 6) is -1.18. The molecule has 30 heavy (non-hydrogen) atoms. The van der Waals surface area contributed by atoms with Gasteiger partial charge in [-0.25, -0.2) is 8.42 Å². The maximum absolute atomic E-state index is 12.9. The second-order valence-electron chi connectivity index (χ2n) is 6.26. The number of halogens is 1. The monoisotopic (exact) mass is 452 g/mol. The van der Waals surface area contributed by atoms with Crippen LogP contribution in [0, 0.1) is 21.4 Å². The van der Waals surface area contributed by atoms with Crippen molar-refractivity contribution in [2.45, 2.75) is 17.4 Å². The van der Waals surface area contributed by atoms with Gasteiger partial charge < -0.3 is 10.4 Å². The molecule has 0 spiro atoms. The van der Waals surface area contributed by atoms with Crippen LogP contribution >= 0.6 is 11.6 Å². The number of nitro benzene ring substituents is 1. The highest BCUT2D eigenvalue weighted by Crippen LogP contribution is 2.26. The molecule has 2 N–H and O–H groups in total. The van der Waals surface area contributed by atoms with Gasteiger partial charge in [-0.2, -0.15) is 9.57 Å². The van der Waals surface area contributed by atoms with Crippen LogP contribution in [0.4, 0.5) is 11.4 Å². The molecule has 2 rings (SSSR count). The Hall–Kier alpha value is -3.20. The average Bonchev–Trinajstić information content (AvgIpc) is 2.67. The highest BCUT2D eigenvalue weighted by atomic mass is 35.5. The van der Waals surface area contributed by atoms with Gasteiger partial charge in [0.2, 0.25) is 10.0 Å². The largest absolute Gasteiger partial charge is 0.481 e. The maximum Gasteiger partial charge on any atom is 0.305 e. The van der Waals surface area contributed by atoms with E-state index in [1.807, 2.05) is 6.07 Å². The fraction of sp³-hybridized carbons (Fsp3) is 0.222. The molecule has 0 bridgehead atoms. The van der Waals surface area contributed by atoms with Gasteiger partial charge in [-0.1, -0.05) is 23.7 Å². The van der Waals surface area contributed by atoms with Crippen molar-refractivity contribution in [3.8, 4) is 6.07 Å². The van der Waals surface area contributed by atoms with Crippen molar-refractivity contribution >= 4 is 39.0 Å². The molecule has 10 nitrogen and oxygen atoms in total. The summed E-state index contributed by atoms with van der Waals surface area (Å²) in [5.41, 5.74) is 0.0424. The predicted octanol–water partition coefficient (Wildman–Crippen LogP) is 2.70. The molecule has 158 valence electrons. The van der Waals surface area contributed by atoms with Crippen molar-refractivity contribution < 1.29 is 23.2 Å². The summed E-state index contributed by atoms with van der Waals surface area (Å²) in [6.45, 7) is -0.293. The zero-order valence-electron chi connectivity index (χ0n) is 15.6. The number of hydrogen-bond donors (Lipinski definition) is 2. The highest BCUT2D eigenvalue weighted by Gasteiger charge is 2.31. The first-order valence-electron chi connectivity index (χ1n) is 8.44. The number of carboxylic acid groups (broad SMARTS) is 1. The highest BCUT2D eigenvalue weighted by molar-refractivity contribution is 7.89. The molecule has 0 amide bonds. The first-order valence-corrected chi connectivity index (χ1v) is 10.3. The SMILES string of the molecule is CN(C[C@H](CC(=O)O)Nc1ccc(C#N)c(Cl)c1)S(=O)(=O)c1ccccc1[N+](=O)[O-]. The third kappa shape index (κ3) is 5.44. The van der Waals surface area contributed by atoms with Crippen LogP contribution < -0.4 is 5.32 Å². The van der Waals surface area contributed by atoms with E-state index in [2.05, 4.69) is 5.32 Å². The van der Waals surface area contributed by atoms with Crippen LogP contribution in [0.15, 0.2) is 47.4 Å². The van der Waals surface area contributed by atoms with E-state index in [0.717, 1.165) is 16.4 Å². The van der Waals surface area contributed by atoms with Crippen LogP contribution in [-0.4, -0.2) is 48.4 Å². The lowest BCUT2D eigenvalue weighted by atomic mass is 10.1. The lowest BCUT2D eigenvalue weighted by Gasteiger charge is -2.24. The summed E-state index contributed by atoms with van der Waals surface area (Å²) in [6, 6.07) is 10.3. The van der Waals surface area contributed by atoms with E-state index in [4.69, 9.17) is 16.9 Å². The number of hydrogen-bond acceptors (Lipinski definition) is 7. The van der Waals surface area contributed by atoms with E-state index in [1.54, 1.807) is 0 Å². The summed E-state index contributed by atoms with van der Waals surface area (Å²) in [6.07, 6.45) is -0.436. The second kappa shape index (κ2) is 9.53. The van der Waals surface area contributed by atoms with Gasteiger partial charge in [-0.15, -0.1) is 0 Å². The number of nitriles is 1. The number of para-hydroxylation sites is 1. The number of benzene rings is 2. The Balaban J connectivity index is 2.30. The van der Waals surface area contributed by atoms with Crippen molar-refractivity contribution in [2.24, 2.45) is 0 Å². The minimum absolute atomic E-state index is 0.150. The zero-order valence-corrected chi connectivity index (χ0v) is 17.2. The Morgan fingerprint density at radius 3 is 2.60 bits per heavy atom. The van der Waals surface area contributed by atoms with Crippen LogP contribution in [0.1, 0.15) is 12.0 Å². The van der Waals surface area contributed by atoms with E-state index >= 15 is 0 Å². The van der Waals surface area contributed by atoms with Gasteiger partial charge in [0, 0.05) is 25.3 Å². The van der Waals surface area contributed by atoms with E-state index in [9.17, 15) is 28.4 Å². The molecule has 0 aliphatic carbocycles. The van der Waals surface area contributed by atoms with E-state index in [1.165, 1.54) is 37.4 Å². The maximum atomic E-state index is 12.9. The fourth-order valence-corrected chi connectivity index (χ4v) is 4.30. The Bertz CT molecular complexity index is 1120. The molecule has 2 aromatic carbocycles. The standard InChI is InChI=1S/C18H17ClN4O6S/c1-22(30(28,29)17-5-3-2-4-16(17)23(26)27)11-14(9-18(24)25)21-13-7-6-12(10-20)15(19)8-13/h2-8,14,21H,9,11H2,1H3,(H,24,25)/t14-/m0/s1. The molecule has 2 aromatic rings. The Kier molecular flexibility index (Phi) is 7.33. The van der Waals surface area contributed by atoms with Gasteiger partial charge >= 0.3 is 5.97 Å². The van der Waals surface area contributed by atoms with Gasteiger partial charge in [0.05, 0.1) is 28.0 Å². The molecule has 0 unspecified atom stereocenters. The van der Waals surface area contributed by atoms with Crippen LogP contribution in [-0.2, 0) is 14.8 Å². The van der Waals surface area contributed by atoms with Gasteiger partial charge in [-0.05, 0) is 24.3 Å². The van der Waals surface area contributed by atoms with E-state index in [-0.39, 0.29) is 17.1 Å². The van der Waals surface area contributed by atoms with Crippen LogP contribution in [0.3, 0.4) is 0 Å². The quantitative estimate of drug-likeness (QED) is 0.434. The summed E-state index contributed by atoms with van der Waals surface area (Å²) in [4.78, 5) is 21.1. The number of likely N-dealkylation sites (N-methyl/N-ethyl adjacent to an activating group) is 1. The van der Waals surface area contributed by atoms with Crippen molar-refractivity contribution in [2.75, 3.05) is 18.9 Å². The summed E-state index contributed by atoms with van der Waals surface area (Å²) >= 11 is 5.98. The molecular weight excluding hydrogens is 436 g/mol. The van der Waals surface area contributed by atoms with Crippen LogP contribution in [0.2, 0.25) is 5.02 Å². The first-order chi connectivity index (χ1) is 14.1. The van der Waals surface area contributed by atoms with Crippen molar-refractivity contribution in [3.05, 3.63) is 63.2 Å². The van der Waals surface area contributed by atoms with Crippen molar-refractivity contribution in [1.82, 2.24) is 4.31 Å². The smallest absolute Gasteiger partial charge is 0.305 e. The first kappa shape index (κ1) is 23.1.